The number of carbonyl (C=O) groups excluding carboxylic acids is 1. The van der Waals surface area contributed by atoms with Crippen molar-refractivity contribution in [2.45, 2.75) is 11.4 Å². The van der Waals surface area contributed by atoms with Gasteiger partial charge >= 0.3 is 0 Å². The van der Waals surface area contributed by atoms with Gasteiger partial charge in [0.15, 0.2) is 6.61 Å². The SMILES string of the molecule is NC(=O)COc1ccc(S(=O)(=O)NCc2cn(-c3ccncc3)nn2)cc1. The summed E-state index contributed by atoms with van der Waals surface area (Å²) in [7, 11) is -3.75. The summed E-state index contributed by atoms with van der Waals surface area (Å²) in [5, 5.41) is 7.90. The van der Waals surface area contributed by atoms with Crippen molar-refractivity contribution >= 4 is 15.9 Å². The lowest BCUT2D eigenvalue weighted by atomic mass is 10.3. The smallest absolute Gasteiger partial charge is 0.255 e. The maximum atomic E-state index is 12.4. The van der Waals surface area contributed by atoms with E-state index in [0.717, 1.165) is 5.69 Å². The predicted molar refractivity (Wildman–Crippen MR) is 94.3 cm³/mol. The number of nitrogens with two attached hydrogens (primary N) is 1. The fraction of sp³-hybridized carbons (Fsp3) is 0.125. The third kappa shape index (κ3) is 4.86. The van der Waals surface area contributed by atoms with Crippen LogP contribution in [-0.2, 0) is 21.4 Å². The van der Waals surface area contributed by atoms with Crippen molar-refractivity contribution in [3.63, 3.8) is 0 Å². The zero-order chi connectivity index (χ0) is 19.3. The number of aromatic nitrogens is 4. The van der Waals surface area contributed by atoms with Crippen LogP contribution in [-0.4, -0.2) is 40.9 Å². The Morgan fingerprint density at radius 3 is 2.52 bits per heavy atom. The molecule has 3 N–H and O–H groups in total. The summed E-state index contributed by atoms with van der Waals surface area (Å²) in [6.07, 6.45) is 4.87. The van der Waals surface area contributed by atoms with Gasteiger partial charge in [0, 0.05) is 12.4 Å². The molecule has 140 valence electrons. The Hall–Kier alpha value is -3.31. The van der Waals surface area contributed by atoms with Crippen molar-refractivity contribution in [1.82, 2.24) is 24.7 Å². The number of nitrogens with zero attached hydrogens (tertiary/aromatic N) is 4. The summed E-state index contributed by atoms with van der Waals surface area (Å²) in [5.74, 6) is -0.277. The van der Waals surface area contributed by atoms with E-state index in [9.17, 15) is 13.2 Å². The third-order valence-corrected chi connectivity index (χ3v) is 4.84. The molecule has 2 heterocycles. The molecule has 0 saturated carbocycles. The van der Waals surface area contributed by atoms with Crippen LogP contribution in [0.1, 0.15) is 5.69 Å². The molecular weight excluding hydrogens is 372 g/mol. The van der Waals surface area contributed by atoms with Gasteiger partial charge in [-0.15, -0.1) is 5.10 Å². The Morgan fingerprint density at radius 2 is 1.85 bits per heavy atom. The lowest BCUT2D eigenvalue weighted by molar-refractivity contribution is -0.119. The molecule has 0 spiro atoms. The van der Waals surface area contributed by atoms with Crippen LogP contribution in [0.15, 0.2) is 59.9 Å². The molecule has 0 aliphatic carbocycles. The number of sulfonamides is 1. The number of amides is 1. The van der Waals surface area contributed by atoms with E-state index >= 15 is 0 Å². The molecule has 0 unspecified atom stereocenters. The van der Waals surface area contributed by atoms with Gasteiger partial charge in [0.2, 0.25) is 10.0 Å². The maximum absolute atomic E-state index is 12.4. The first-order chi connectivity index (χ1) is 12.9. The molecule has 0 bridgehead atoms. The molecule has 3 rings (SSSR count). The van der Waals surface area contributed by atoms with Gasteiger partial charge in [0.05, 0.1) is 29.0 Å². The largest absolute Gasteiger partial charge is 0.484 e. The quantitative estimate of drug-likeness (QED) is 0.553. The van der Waals surface area contributed by atoms with Gasteiger partial charge in [0.25, 0.3) is 5.91 Å². The van der Waals surface area contributed by atoms with Crippen LogP contribution in [0.25, 0.3) is 5.69 Å². The van der Waals surface area contributed by atoms with Crippen molar-refractivity contribution in [3.8, 4) is 11.4 Å². The minimum absolute atomic E-state index is 0.0205. The highest BCUT2D eigenvalue weighted by Crippen LogP contribution is 2.16. The van der Waals surface area contributed by atoms with Gasteiger partial charge < -0.3 is 10.5 Å². The Kier molecular flexibility index (Phi) is 5.43. The molecule has 11 heteroatoms. The number of nitrogens with one attached hydrogen (secondary N) is 1. The second-order valence-electron chi connectivity index (χ2n) is 5.41. The van der Waals surface area contributed by atoms with Crippen LogP contribution >= 0.6 is 0 Å². The Labute approximate surface area is 155 Å². The van der Waals surface area contributed by atoms with Crippen molar-refractivity contribution in [3.05, 3.63) is 60.7 Å². The summed E-state index contributed by atoms with van der Waals surface area (Å²) in [6, 6.07) is 9.13. The number of primary amides is 1. The van der Waals surface area contributed by atoms with Gasteiger partial charge in [-0.2, -0.15) is 0 Å². The van der Waals surface area contributed by atoms with Crippen LogP contribution in [0.5, 0.6) is 5.75 Å². The average Bonchev–Trinajstić information content (AvgIpc) is 3.15. The number of pyridine rings is 1. The highest BCUT2D eigenvalue weighted by atomic mass is 32.2. The van der Waals surface area contributed by atoms with Crippen molar-refractivity contribution < 1.29 is 17.9 Å². The van der Waals surface area contributed by atoms with Gasteiger partial charge in [-0.05, 0) is 36.4 Å². The van der Waals surface area contributed by atoms with E-state index in [1.54, 1.807) is 30.7 Å². The zero-order valence-corrected chi connectivity index (χ0v) is 14.8. The molecule has 27 heavy (non-hydrogen) atoms. The Bertz CT molecular complexity index is 1020. The first kappa shape index (κ1) is 18.5. The minimum atomic E-state index is -3.75. The second kappa shape index (κ2) is 7.93. The van der Waals surface area contributed by atoms with E-state index in [1.165, 1.54) is 28.9 Å². The molecule has 1 amide bonds. The molecule has 0 atom stereocenters. The predicted octanol–water partition coefficient (Wildman–Crippen LogP) is 0.00490. The van der Waals surface area contributed by atoms with Gasteiger partial charge in [-0.3, -0.25) is 9.78 Å². The summed E-state index contributed by atoms with van der Waals surface area (Å²) < 4.78 is 33.8. The van der Waals surface area contributed by atoms with Gasteiger partial charge in [-0.1, -0.05) is 5.21 Å². The summed E-state index contributed by atoms with van der Waals surface area (Å²) in [4.78, 5) is 14.7. The minimum Gasteiger partial charge on any atom is -0.484 e. The lowest BCUT2D eigenvalue weighted by Gasteiger charge is -2.07. The molecule has 2 aromatic heterocycles. The Morgan fingerprint density at radius 1 is 1.15 bits per heavy atom. The fourth-order valence-corrected chi connectivity index (χ4v) is 3.12. The second-order valence-corrected chi connectivity index (χ2v) is 7.18. The zero-order valence-electron chi connectivity index (χ0n) is 14.0. The number of benzene rings is 1. The number of hydrogen-bond acceptors (Lipinski definition) is 7. The number of carbonyl (C=O) groups is 1. The van der Waals surface area contributed by atoms with E-state index < -0.39 is 15.9 Å². The van der Waals surface area contributed by atoms with E-state index in [-0.39, 0.29) is 18.0 Å². The van der Waals surface area contributed by atoms with E-state index in [1.807, 2.05) is 0 Å². The van der Waals surface area contributed by atoms with E-state index in [2.05, 4.69) is 20.0 Å². The third-order valence-electron chi connectivity index (χ3n) is 3.43. The normalized spacial score (nSPS) is 11.3. The van der Waals surface area contributed by atoms with Crippen LogP contribution in [0.2, 0.25) is 0 Å². The van der Waals surface area contributed by atoms with Crippen molar-refractivity contribution in [2.24, 2.45) is 5.73 Å². The lowest BCUT2D eigenvalue weighted by Crippen LogP contribution is -2.23. The molecule has 0 radical (unpaired) electrons. The van der Waals surface area contributed by atoms with Crippen molar-refractivity contribution in [1.29, 1.82) is 0 Å². The van der Waals surface area contributed by atoms with Crippen molar-refractivity contribution in [2.75, 3.05) is 6.61 Å². The first-order valence-corrected chi connectivity index (χ1v) is 9.25. The summed E-state index contributed by atoms with van der Waals surface area (Å²) >= 11 is 0. The molecular formula is C16H16N6O4S. The summed E-state index contributed by atoms with van der Waals surface area (Å²) in [5.41, 5.74) is 6.21. The number of ether oxygens (including phenoxy) is 1. The molecule has 0 aliphatic rings. The average molecular weight is 388 g/mol. The standard InChI is InChI=1S/C16H16N6O4S/c17-16(23)11-26-14-1-3-15(4-2-14)27(24,25)19-9-12-10-22(21-20-12)13-5-7-18-8-6-13/h1-8,10,19H,9,11H2,(H2,17,23). The maximum Gasteiger partial charge on any atom is 0.255 e. The molecule has 0 saturated heterocycles. The molecule has 3 aromatic rings. The molecule has 0 fully saturated rings. The van der Waals surface area contributed by atoms with Gasteiger partial charge in [0.1, 0.15) is 5.75 Å². The van der Waals surface area contributed by atoms with Crippen LogP contribution in [0.3, 0.4) is 0 Å². The number of rotatable bonds is 8. The van der Waals surface area contributed by atoms with Gasteiger partial charge in [-0.25, -0.2) is 17.8 Å². The fourth-order valence-electron chi connectivity index (χ4n) is 2.12. The first-order valence-electron chi connectivity index (χ1n) is 7.76. The molecule has 1 aromatic carbocycles. The molecule has 10 nitrogen and oxygen atoms in total. The van der Waals surface area contributed by atoms with E-state index in [4.69, 9.17) is 10.5 Å². The topological polar surface area (TPSA) is 142 Å². The monoisotopic (exact) mass is 388 g/mol. The molecule has 0 aliphatic heterocycles. The highest BCUT2D eigenvalue weighted by Gasteiger charge is 2.15. The Balaban J connectivity index is 1.63. The number of hydrogen-bond donors (Lipinski definition) is 2. The van der Waals surface area contributed by atoms with Crippen LogP contribution < -0.4 is 15.2 Å². The summed E-state index contributed by atoms with van der Waals surface area (Å²) in [6.45, 7) is -0.301. The highest BCUT2D eigenvalue weighted by molar-refractivity contribution is 7.89. The van der Waals surface area contributed by atoms with Crippen LogP contribution in [0, 0.1) is 0 Å². The van der Waals surface area contributed by atoms with E-state index in [0.29, 0.717) is 11.4 Å². The van der Waals surface area contributed by atoms with Crippen LogP contribution in [0.4, 0.5) is 0 Å².